The van der Waals surface area contributed by atoms with E-state index in [0.29, 0.717) is 24.2 Å². The molecule has 0 aromatic heterocycles. The number of rotatable bonds is 8. The van der Waals surface area contributed by atoms with Gasteiger partial charge in [0, 0.05) is 24.1 Å². The van der Waals surface area contributed by atoms with Crippen molar-refractivity contribution >= 4 is 12.1 Å². The van der Waals surface area contributed by atoms with Gasteiger partial charge in [-0.3, -0.25) is 9.79 Å². The molecule has 2 N–H and O–H groups in total. The summed E-state index contributed by atoms with van der Waals surface area (Å²) < 4.78 is 19.3. The summed E-state index contributed by atoms with van der Waals surface area (Å²) in [4.78, 5) is 16.0. The molecule has 1 aliphatic rings. The quantitative estimate of drug-likeness (QED) is 0.771. The van der Waals surface area contributed by atoms with Crippen LogP contribution in [0.15, 0.2) is 65.7 Å². The van der Waals surface area contributed by atoms with Crippen LogP contribution >= 0.6 is 0 Å². The number of carbonyl (C=O) groups excluding carboxylic acids is 1. The Kier molecular flexibility index (Phi) is 5.69. The highest BCUT2D eigenvalue weighted by molar-refractivity contribution is 5.78. The summed E-state index contributed by atoms with van der Waals surface area (Å²) in [6.45, 7) is 2.00. The fraction of sp³-hybridized carbons (Fsp3) is 0.273. The normalized spacial score (nSPS) is 19.2. The first-order valence-corrected chi connectivity index (χ1v) is 8.95. The predicted octanol–water partition coefficient (Wildman–Crippen LogP) is 3.84. The number of allylic oxidation sites excluding steroid dienone is 1. The second-order valence-electron chi connectivity index (χ2n) is 6.95. The van der Waals surface area contributed by atoms with E-state index in [0.717, 1.165) is 5.56 Å². The zero-order chi connectivity index (χ0) is 19.3. The first-order valence-electron chi connectivity index (χ1n) is 8.95. The van der Waals surface area contributed by atoms with Crippen molar-refractivity contribution in [1.29, 1.82) is 0 Å². The van der Waals surface area contributed by atoms with Crippen LogP contribution in [0.25, 0.3) is 0 Å². The topological polar surface area (TPSA) is 64.7 Å². The highest BCUT2D eigenvalue weighted by atomic mass is 19.1. The van der Waals surface area contributed by atoms with Gasteiger partial charge in [0.25, 0.3) is 0 Å². The lowest BCUT2D eigenvalue weighted by atomic mass is 9.83. The van der Waals surface area contributed by atoms with Crippen LogP contribution in [0, 0.1) is 11.7 Å². The van der Waals surface area contributed by atoms with Crippen LogP contribution in [0.1, 0.15) is 24.5 Å². The average molecular weight is 366 g/mol. The van der Waals surface area contributed by atoms with E-state index in [9.17, 15) is 9.18 Å². The Morgan fingerprint density at radius 2 is 1.96 bits per heavy atom. The molecule has 0 aliphatic carbocycles. The van der Waals surface area contributed by atoms with Crippen molar-refractivity contribution in [2.45, 2.75) is 31.9 Å². The maximum atomic E-state index is 13.7. The first kappa shape index (κ1) is 18.8. The Balaban J connectivity index is 1.64. The van der Waals surface area contributed by atoms with Crippen LogP contribution in [0.5, 0.6) is 5.75 Å². The molecule has 0 spiro atoms. The molecular formula is C22H23FN2O2. The molecule has 2 aromatic rings. The van der Waals surface area contributed by atoms with E-state index in [1.165, 1.54) is 6.07 Å². The molecule has 5 heteroatoms. The number of nitrogens with two attached hydrogens (primary N) is 1. The molecule has 2 atom stereocenters. The lowest BCUT2D eigenvalue weighted by Gasteiger charge is -2.26. The van der Waals surface area contributed by atoms with Gasteiger partial charge in [0.1, 0.15) is 18.2 Å². The lowest BCUT2D eigenvalue weighted by Crippen LogP contribution is -2.33. The van der Waals surface area contributed by atoms with E-state index >= 15 is 0 Å². The van der Waals surface area contributed by atoms with E-state index in [1.54, 1.807) is 24.4 Å². The van der Waals surface area contributed by atoms with Gasteiger partial charge in [-0.05, 0) is 36.3 Å². The van der Waals surface area contributed by atoms with E-state index in [2.05, 4.69) is 4.99 Å². The number of benzene rings is 2. The summed E-state index contributed by atoms with van der Waals surface area (Å²) in [5, 5.41) is 0. The first-order chi connectivity index (χ1) is 13.0. The summed E-state index contributed by atoms with van der Waals surface area (Å²) in [7, 11) is 0. The van der Waals surface area contributed by atoms with E-state index in [-0.39, 0.29) is 24.2 Å². The fourth-order valence-electron chi connectivity index (χ4n) is 3.22. The van der Waals surface area contributed by atoms with Crippen molar-refractivity contribution in [1.82, 2.24) is 0 Å². The zero-order valence-corrected chi connectivity index (χ0v) is 15.3. The van der Waals surface area contributed by atoms with Crippen LogP contribution in [-0.4, -0.2) is 17.7 Å². The number of nitrogens with zero attached hydrogens (tertiary/aromatic N) is 1. The maximum Gasteiger partial charge on any atom is 0.220 e. The van der Waals surface area contributed by atoms with Crippen molar-refractivity contribution in [2.24, 2.45) is 16.6 Å². The number of amides is 1. The van der Waals surface area contributed by atoms with Crippen molar-refractivity contribution in [2.75, 3.05) is 0 Å². The molecule has 0 saturated carbocycles. The van der Waals surface area contributed by atoms with Crippen LogP contribution in [0.4, 0.5) is 4.39 Å². The molecule has 2 unspecified atom stereocenters. The third-order valence-corrected chi connectivity index (χ3v) is 4.76. The van der Waals surface area contributed by atoms with Gasteiger partial charge in [-0.25, -0.2) is 4.39 Å². The van der Waals surface area contributed by atoms with Crippen molar-refractivity contribution in [3.8, 4) is 5.75 Å². The highest BCUT2D eigenvalue weighted by Gasteiger charge is 2.32. The van der Waals surface area contributed by atoms with Crippen LogP contribution < -0.4 is 10.5 Å². The summed E-state index contributed by atoms with van der Waals surface area (Å²) >= 11 is 0. The molecule has 4 nitrogen and oxygen atoms in total. The maximum absolute atomic E-state index is 13.7. The number of ether oxygens (including phenoxy) is 1. The Morgan fingerprint density at radius 1 is 1.22 bits per heavy atom. The molecule has 0 saturated heterocycles. The molecule has 3 rings (SSSR count). The van der Waals surface area contributed by atoms with Gasteiger partial charge in [0.2, 0.25) is 5.91 Å². The number of carbonyl (C=O) groups is 1. The monoisotopic (exact) mass is 366 g/mol. The highest BCUT2D eigenvalue weighted by Crippen LogP contribution is 2.30. The van der Waals surface area contributed by atoms with Gasteiger partial charge >= 0.3 is 0 Å². The van der Waals surface area contributed by atoms with Gasteiger partial charge in [-0.1, -0.05) is 43.3 Å². The molecule has 0 bridgehead atoms. The number of primary amides is 1. The van der Waals surface area contributed by atoms with Gasteiger partial charge in [0.05, 0.1) is 5.54 Å². The summed E-state index contributed by atoms with van der Waals surface area (Å²) in [5.74, 6) is -0.174. The van der Waals surface area contributed by atoms with Crippen molar-refractivity contribution in [3.63, 3.8) is 0 Å². The van der Waals surface area contributed by atoms with E-state index in [4.69, 9.17) is 10.5 Å². The third-order valence-electron chi connectivity index (χ3n) is 4.76. The minimum atomic E-state index is -0.440. The van der Waals surface area contributed by atoms with E-state index < -0.39 is 5.54 Å². The van der Waals surface area contributed by atoms with Crippen LogP contribution in [0.2, 0.25) is 0 Å². The Labute approximate surface area is 158 Å². The SMILES string of the molecule is CC(CC1(Cc2ccc(OCc3ccccc3F)cc2)C=CC=N1)C(N)=O. The minimum absolute atomic E-state index is 0.180. The average Bonchev–Trinajstić information content (AvgIpc) is 3.10. The Hall–Kier alpha value is -2.95. The lowest BCUT2D eigenvalue weighted by molar-refractivity contribution is -0.121. The minimum Gasteiger partial charge on any atom is -0.489 e. The molecule has 1 heterocycles. The summed E-state index contributed by atoms with van der Waals surface area (Å²) in [6.07, 6.45) is 6.93. The number of aliphatic imine (C=N–C) groups is 1. The largest absolute Gasteiger partial charge is 0.489 e. The predicted molar refractivity (Wildman–Crippen MR) is 104 cm³/mol. The smallest absolute Gasteiger partial charge is 0.220 e. The Bertz CT molecular complexity index is 847. The molecule has 27 heavy (non-hydrogen) atoms. The van der Waals surface area contributed by atoms with Crippen LogP contribution in [0.3, 0.4) is 0 Å². The second-order valence-corrected chi connectivity index (χ2v) is 6.95. The van der Waals surface area contributed by atoms with Gasteiger partial charge in [0.15, 0.2) is 0 Å². The number of hydrogen-bond acceptors (Lipinski definition) is 3. The molecule has 1 amide bonds. The van der Waals surface area contributed by atoms with Gasteiger partial charge < -0.3 is 10.5 Å². The molecule has 140 valence electrons. The van der Waals surface area contributed by atoms with Gasteiger partial charge in [-0.2, -0.15) is 0 Å². The van der Waals surface area contributed by atoms with Crippen LogP contribution in [-0.2, 0) is 17.8 Å². The fourth-order valence-corrected chi connectivity index (χ4v) is 3.22. The molecule has 2 aromatic carbocycles. The molecule has 0 fully saturated rings. The van der Waals surface area contributed by atoms with E-state index in [1.807, 2.05) is 43.3 Å². The Morgan fingerprint density at radius 3 is 2.59 bits per heavy atom. The van der Waals surface area contributed by atoms with Crippen molar-refractivity contribution < 1.29 is 13.9 Å². The number of halogens is 1. The second kappa shape index (κ2) is 8.16. The third kappa shape index (κ3) is 4.82. The summed E-state index contributed by atoms with van der Waals surface area (Å²) in [5.41, 5.74) is 6.58. The van der Waals surface area contributed by atoms with Crippen molar-refractivity contribution in [3.05, 3.63) is 77.6 Å². The summed E-state index contributed by atoms with van der Waals surface area (Å²) in [6, 6.07) is 14.2. The standard InChI is InChI=1S/C22H23FN2O2/c1-16(21(24)26)13-22(11-4-12-25-22)14-17-7-9-19(10-8-17)27-15-18-5-2-3-6-20(18)23/h2-12,16H,13-15H2,1H3,(H2,24,26). The number of hydrogen-bond donors (Lipinski definition) is 1. The molecular weight excluding hydrogens is 343 g/mol. The molecule has 0 radical (unpaired) electrons. The van der Waals surface area contributed by atoms with Gasteiger partial charge in [-0.15, -0.1) is 0 Å². The zero-order valence-electron chi connectivity index (χ0n) is 15.3. The molecule has 1 aliphatic heterocycles.